The lowest BCUT2D eigenvalue weighted by atomic mass is 10.0. The standard InChI is InChI=1S/C16H19F2N3/c1-5-19-16-14(9(2)3)10(4)20-15(21-16)11-6-12(17)8-13(18)7-11/h6-9H,5H2,1-4H3,(H,19,20,21). The second kappa shape index (κ2) is 6.16. The van der Waals surface area contributed by atoms with E-state index in [1.54, 1.807) is 0 Å². The molecule has 0 saturated heterocycles. The van der Waals surface area contributed by atoms with Crippen LogP contribution in [0.3, 0.4) is 0 Å². The number of benzene rings is 1. The van der Waals surface area contributed by atoms with E-state index in [2.05, 4.69) is 29.1 Å². The van der Waals surface area contributed by atoms with Crippen molar-refractivity contribution in [3.05, 3.63) is 41.1 Å². The van der Waals surface area contributed by atoms with Gasteiger partial charge in [-0.25, -0.2) is 18.7 Å². The molecule has 0 bridgehead atoms. The maximum absolute atomic E-state index is 13.4. The number of halogens is 2. The predicted octanol–water partition coefficient (Wildman–Crippen LogP) is 4.29. The van der Waals surface area contributed by atoms with Crippen LogP contribution in [-0.2, 0) is 0 Å². The zero-order valence-electron chi connectivity index (χ0n) is 12.7. The van der Waals surface area contributed by atoms with E-state index in [9.17, 15) is 8.78 Å². The summed E-state index contributed by atoms with van der Waals surface area (Å²) in [4.78, 5) is 8.85. The van der Waals surface area contributed by atoms with E-state index in [0.717, 1.165) is 23.1 Å². The highest BCUT2D eigenvalue weighted by atomic mass is 19.1. The Bertz CT molecular complexity index is 634. The van der Waals surface area contributed by atoms with Crippen LogP contribution in [0.25, 0.3) is 11.4 Å². The molecule has 21 heavy (non-hydrogen) atoms. The van der Waals surface area contributed by atoms with Crippen LogP contribution in [0, 0.1) is 18.6 Å². The molecule has 0 aliphatic heterocycles. The maximum atomic E-state index is 13.4. The van der Waals surface area contributed by atoms with Gasteiger partial charge in [-0.2, -0.15) is 0 Å². The second-order valence-electron chi connectivity index (χ2n) is 5.24. The summed E-state index contributed by atoms with van der Waals surface area (Å²) >= 11 is 0. The van der Waals surface area contributed by atoms with Crippen LogP contribution in [0.4, 0.5) is 14.6 Å². The molecule has 2 aromatic rings. The molecule has 0 radical (unpaired) electrons. The number of rotatable bonds is 4. The van der Waals surface area contributed by atoms with Gasteiger partial charge in [0.1, 0.15) is 17.5 Å². The topological polar surface area (TPSA) is 37.8 Å². The van der Waals surface area contributed by atoms with Crippen molar-refractivity contribution in [2.75, 3.05) is 11.9 Å². The van der Waals surface area contributed by atoms with E-state index in [-0.39, 0.29) is 5.92 Å². The van der Waals surface area contributed by atoms with Gasteiger partial charge >= 0.3 is 0 Å². The molecule has 1 N–H and O–H groups in total. The summed E-state index contributed by atoms with van der Waals surface area (Å²) in [7, 11) is 0. The Labute approximate surface area is 123 Å². The molecule has 1 aromatic heterocycles. The van der Waals surface area contributed by atoms with Crippen LogP contribution < -0.4 is 5.32 Å². The van der Waals surface area contributed by atoms with E-state index in [0.29, 0.717) is 17.9 Å². The van der Waals surface area contributed by atoms with Gasteiger partial charge in [0.2, 0.25) is 0 Å². The Kier molecular flexibility index (Phi) is 4.50. The van der Waals surface area contributed by atoms with Crippen molar-refractivity contribution in [2.45, 2.75) is 33.6 Å². The zero-order valence-corrected chi connectivity index (χ0v) is 12.7. The average Bonchev–Trinajstić information content (AvgIpc) is 2.36. The van der Waals surface area contributed by atoms with Crippen molar-refractivity contribution in [3.8, 4) is 11.4 Å². The highest BCUT2D eigenvalue weighted by Crippen LogP contribution is 2.28. The van der Waals surface area contributed by atoms with E-state index < -0.39 is 11.6 Å². The molecule has 3 nitrogen and oxygen atoms in total. The number of hydrogen-bond donors (Lipinski definition) is 1. The van der Waals surface area contributed by atoms with Gasteiger partial charge in [-0.1, -0.05) is 13.8 Å². The fraction of sp³-hybridized carbons (Fsp3) is 0.375. The lowest BCUT2D eigenvalue weighted by Gasteiger charge is -2.16. The third kappa shape index (κ3) is 3.35. The van der Waals surface area contributed by atoms with Gasteiger partial charge in [-0.3, -0.25) is 0 Å². The second-order valence-corrected chi connectivity index (χ2v) is 5.24. The molecule has 1 heterocycles. The molecule has 0 saturated carbocycles. The Morgan fingerprint density at radius 1 is 1.10 bits per heavy atom. The van der Waals surface area contributed by atoms with Crippen molar-refractivity contribution in [3.63, 3.8) is 0 Å². The third-order valence-corrected chi connectivity index (χ3v) is 3.18. The minimum absolute atomic E-state index is 0.261. The molecule has 0 aliphatic carbocycles. The van der Waals surface area contributed by atoms with Crippen molar-refractivity contribution in [1.29, 1.82) is 0 Å². The number of aromatic nitrogens is 2. The van der Waals surface area contributed by atoms with Crippen LogP contribution in [0.5, 0.6) is 0 Å². The van der Waals surface area contributed by atoms with E-state index in [4.69, 9.17) is 0 Å². The van der Waals surface area contributed by atoms with Crippen LogP contribution in [0.15, 0.2) is 18.2 Å². The lowest BCUT2D eigenvalue weighted by Crippen LogP contribution is -2.09. The summed E-state index contributed by atoms with van der Waals surface area (Å²) in [6, 6.07) is 3.31. The number of nitrogens with zero attached hydrogens (tertiary/aromatic N) is 2. The van der Waals surface area contributed by atoms with E-state index in [1.165, 1.54) is 12.1 Å². The summed E-state index contributed by atoms with van der Waals surface area (Å²) in [5.74, 6) is 0.0386. The summed E-state index contributed by atoms with van der Waals surface area (Å²) in [5.41, 5.74) is 2.18. The van der Waals surface area contributed by atoms with E-state index >= 15 is 0 Å². The van der Waals surface area contributed by atoms with Gasteiger partial charge in [0.05, 0.1) is 0 Å². The molecule has 1 aromatic carbocycles. The van der Waals surface area contributed by atoms with Crippen LogP contribution in [-0.4, -0.2) is 16.5 Å². The van der Waals surface area contributed by atoms with Crippen molar-refractivity contribution < 1.29 is 8.78 Å². The first-order valence-corrected chi connectivity index (χ1v) is 7.01. The summed E-state index contributed by atoms with van der Waals surface area (Å²) < 4.78 is 26.7. The molecular weight excluding hydrogens is 272 g/mol. The van der Waals surface area contributed by atoms with Gasteiger partial charge in [0.25, 0.3) is 0 Å². The molecular formula is C16H19F2N3. The normalized spacial score (nSPS) is 11.0. The SMILES string of the molecule is CCNc1nc(-c2cc(F)cc(F)c2)nc(C)c1C(C)C. The van der Waals surface area contributed by atoms with Crippen molar-refractivity contribution in [2.24, 2.45) is 0 Å². The average molecular weight is 291 g/mol. The lowest BCUT2D eigenvalue weighted by molar-refractivity contribution is 0.584. The smallest absolute Gasteiger partial charge is 0.161 e. The molecule has 112 valence electrons. The molecule has 0 aliphatic rings. The Morgan fingerprint density at radius 2 is 1.71 bits per heavy atom. The van der Waals surface area contributed by atoms with Crippen molar-refractivity contribution in [1.82, 2.24) is 9.97 Å². The molecule has 0 unspecified atom stereocenters. The maximum Gasteiger partial charge on any atom is 0.161 e. The van der Waals surface area contributed by atoms with Gasteiger partial charge in [0, 0.05) is 29.4 Å². The van der Waals surface area contributed by atoms with Crippen molar-refractivity contribution >= 4 is 5.82 Å². The predicted molar refractivity (Wildman–Crippen MR) is 80.4 cm³/mol. The van der Waals surface area contributed by atoms with Crippen LogP contribution >= 0.6 is 0 Å². The summed E-state index contributed by atoms with van der Waals surface area (Å²) in [6.07, 6.45) is 0. The number of nitrogens with one attached hydrogen (secondary N) is 1. The Morgan fingerprint density at radius 3 is 2.24 bits per heavy atom. The molecule has 0 atom stereocenters. The summed E-state index contributed by atoms with van der Waals surface area (Å²) in [5, 5.41) is 3.20. The van der Waals surface area contributed by atoms with Gasteiger partial charge in [-0.15, -0.1) is 0 Å². The molecule has 5 heteroatoms. The zero-order chi connectivity index (χ0) is 15.6. The highest BCUT2D eigenvalue weighted by molar-refractivity contribution is 5.60. The number of anilines is 1. The fourth-order valence-electron chi connectivity index (χ4n) is 2.39. The molecule has 0 amide bonds. The first-order valence-electron chi connectivity index (χ1n) is 7.01. The van der Waals surface area contributed by atoms with Crippen LogP contribution in [0.2, 0.25) is 0 Å². The van der Waals surface area contributed by atoms with Gasteiger partial charge < -0.3 is 5.32 Å². The van der Waals surface area contributed by atoms with Gasteiger partial charge in [-0.05, 0) is 31.9 Å². The molecule has 0 fully saturated rings. The minimum Gasteiger partial charge on any atom is -0.370 e. The number of aryl methyl sites for hydroxylation is 1. The minimum atomic E-state index is -0.635. The Balaban J connectivity index is 2.60. The molecule has 0 spiro atoms. The molecule has 2 rings (SSSR count). The first kappa shape index (κ1) is 15.4. The number of hydrogen-bond acceptors (Lipinski definition) is 3. The monoisotopic (exact) mass is 291 g/mol. The largest absolute Gasteiger partial charge is 0.370 e. The Hall–Kier alpha value is -2.04. The quantitative estimate of drug-likeness (QED) is 0.913. The first-order chi connectivity index (χ1) is 9.92. The van der Waals surface area contributed by atoms with Crippen LogP contribution in [0.1, 0.15) is 37.9 Å². The fourth-order valence-corrected chi connectivity index (χ4v) is 2.39. The van der Waals surface area contributed by atoms with Gasteiger partial charge in [0.15, 0.2) is 5.82 Å². The van der Waals surface area contributed by atoms with E-state index in [1.807, 2.05) is 13.8 Å². The summed E-state index contributed by atoms with van der Waals surface area (Å²) in [6.45, 7) is 8.70. The highest BCUT2D eigenvalue weighted by Gasteiger charge is 2.16. The third-order valence-electron chi connectivity index (χ3n) is 3.18.